The number of para-hydroxylation sites is 1. The number of benzene rings is 1. The van der Waals surface area contributed by atoms with E-state index in [0.717, 1.165) is 15.2 Å². The van der Waals surface area contributed by atoms with Crippen LogP contribution in [0, 0.1) is 3.95 Å². The maximum absolute atomic E-state index is 5.32. The lowest BCUT2D eigenvalue weighted by Crippen LogP contribution is -1.90. The topological polar surface area (TPSA) is 17.8 Å². The molecule has 3 rings (SSSR count). The normalized spacial score (nSPS) is 10.9. The fourth-order valence-electron chi connectivity index (χ4n) is 1.93. The van der Waals surface area contributed by atoms with Crippen LogP contribution in [0.1, 0.15) is 0 Å². The maximum atomic E-state index is 5.32. The van der Waals surface area contributed by atoms with E-state index in [1.807, 2.05) is 31.4 Å². The first-order chi connectivity index (χ1) is 8.27. The Morgan fingerprint density at radius 1 is 1.18 bits per heavy atom. The lowest BCUT2D eigenvalue weighted by atomic mass is 10.1. The van der Waals surface area contributed by atoms with Crippen molar-refractivity contribution in [2.45, 2.75) is 0 Å². The second-order valence-electron chi connectivity index (χ2n) is 3.79. The van der Waals surface area contributed by atoms with E-state index in [-0.39, 0.29) is 0 Å². The minimum Gasteiger partial charge on any atom is -0.326 e. The predicted octanol–water partition coefficient (Wildman–Crippen LogP) is 4.03. The number of fused-ring (bicyclic) bond motifs is 1. The van der Waals surface area contributed by atoms with E-state index in [0.29, 0.717) is 0 Å². The van der Waals surface area contributed by atoms with E-state index >= 15 is 0 Å². The number of rotatable bonds is 1. The molecule has 17 heavy (non-hydrogen) atoms. The van der Waals surface area contributed by atoms with Gasteiger partial charge in [-0.2, -0.15) is 0 Å². The summed E-state index contributed by atoms with van der Waals surface area (Å²) in [5.74, 6) is 0. The zero-order valence-corrected chi connectivity index (χ0v) is 10.9. The average Bonchev–Trinajstić information content (AvgIpc) is 2.66. The fourth-order valence-corrected chi connectivity index (χ4v) is 3.20. The molecule has 2 heterocycles. The molecule has 0 aliphatic rings. The molecule has 2 nitrogen and oxygen atoms in total. The van der Waals surface area contributed by atoms with Crippen LogP contribution in [0.25, 0.3) is 21.5 Å². The maximum Gasteiger partial charge on any atom is 0.161 e. The molecular formula is C13H10N2S2. The molecule has 0 saturated carbocycles. The highest BCUT2D eigenvalue weighted by molar-refractivity contribution is 7.73. The first-order valence-corrected chi connectivity index (χ1v) is 6.50. The van der Waals surface area contributed by atoms with E-state index in [4.69, 9.17) is 12.2 Å². The molecule has 0 N–H and O–H groups in total. The van der Waals surface area contributed by atoms with E-state index < -0.39 is 0 Å². The summed E-state index contributed by atoms with van der Waals surface area (Å²) >= 11 is 6.96. The van der Waals surface area contributed by atoms with Crippen LogP contribution in [-0.2, 0) is 7.05 Å². The van der Waals surface area contributed by atoms with Gasteiger partial charge in [-0.25, -0.2) is 0 Å². The summed E-state index contributed by atoms with van der Waals surface area (Å²) in [5.41, 5.74) is 3.29. The van der Waals surface area contributed by atoms with Crippen molar-refractivity contribution in [2.75, 3.05) is 0 Å². The minimum absolute atomic E-state index is 0.892. The van der Waals surface area contributed by atoms with Crippen LogP contribution in [0.3, 0.4) is 0 Å². The van der Waals surface area contributed by atoms with Gasteiger partial charge in [0.05, 0.1) is 15.9 Å². The van der Waals surface area contributed by atoms with Crippen molar-refractivity contribution in [3.63, 3.8) is 0 Å². The number of hydrogen-bond donors (Lipinski definition) is 0. The largest absolute Gasteiger partial charge is 0.326 e. The summed E-state index contributed by atoms with van der Waals surface area (Å²) in [6.45, 7) is 0. The van der Waals surface area contributed by atoms with Gasteiger partial charge in [-0.3, -0.25) is 4.98 Å². The molecule has 0 unspecified atom stereocenters. The Hall–Kier alpha value is -1.52. The number of pyridine rings is 1. The van der Waals surface area contributed by atoms with Gasteiger partial charge in [0.15, 0.2) is 3.95 Å². The Bertz CT molecular complexity index is 726. The summed E-state index contributed by atoms with van der Waals surface area (Å²) in [6.07, 6.45) is 1.81. The Balaban J connectivity index is 2.41. The Labute approximate surface area is 108 Å². The minimum atomic E-state index is 0.892. The molecule has 0 radical (unpaired) electrons. The summed E-state index contributed by atoms with van der Waals surface area (Å²) < 4.78 is 4.16. The van der Waals surface area contributed by atoms with Crippen molar-refractivity contribution in [3.05, 3.63) is 46.5 Å². The second-order valence-corrected chi connectivity index (χ2v) is 5.47. The van der Waals surface area contributed by atoms with Crippen molar-refractivity contribution < 1.29 is 0 Å². The van der Waals surface area contributed by atoms with Gasteiger partial charge in [0.2, 0.25) is 0 Å². The van der Waals surface area contributed by atoms with Gasteiger partial charge in [-0.1, -0.05) is 18.2 Å². The second kappa shape index (κ2) is 4.05. The van der Waals surface area contributed by atoms with Gasteiger partial charge in [-0.05, 0) is 30.4 Å². The number of hydrogen-bond acceptors (Lipinski definition) is 3. The number of aryl methyl sites for hydroxylation is 1. The lowest BCUT2D eigenvalue weighted by molar-refractivity contribution is 0.964. The molecule has 0 spiro atoms. The van der Waals surface area contributed by atoms with Gasteiger partial charge < -0.3 is 4.57 Å². The van der Waals surface area contributed by atoms with Crippen molar-refractivity contribution in [3.8, 4) is 11.3 Å². The van der Waals surface area contributed by atoms with Crippen LogP contribution in [0.4, 0.5) is 0 Å². The van der Waals surface area contributed by atoms with Crippen molar-refractivity contribution in [2.24, 2.45) is 7.05 Å². The first kappa shape index (κ1) is 10.6. The van der Waals surface area contributed by atoms with E-state index in [2.05, 4.69) is 27.8 Å². The molecule has 0 aliphatic heterocycles. The molecule has 0 amide bonds. The quantitative estimate of drug-likeness (QED) is 0.613. The van der Waals surface area contributed by atoms with Crippen LogP contribution in [0.15, 0.2) is 42.6 Å². The zero-order valence-electron chi connectivity index (χ0n) is 9.25. The Kier molecular flexibility index (Phi) is 2.53. The van der Waals surface area contributed by atoms with Crippen molar-refractivity contribution in [1.82, 2.24) is 9.55 Å². The lowest BCUT2D eigenvalue weighted by Gasteiger charge is -2.04. The SMILES string of the molecule is Cn1c(=S)sc2cccc(-c3ccccn3)c21. The van der Waals surface area contributed by atoms with Gasteiger partial charge in [0.1, 0.15) is 0 Å². The van der Waals surface area contributed by atoms with Crippen molar-refractivity contribution >= 4 is 33.8 Å². The summed E-state index contributed by atoms with van der Waals surface area (Å²) in [6, 6.07) is 12.2. The monoisotopic (exact) mass is 258 g/mol. The molecule has 0 bridgehead atoms. The highest BCUT2D eigenvalue weighted by Crippen LogP contribution is 2.30. The molecule has 0 fully saturated rings. The average molecular weight is 258 g/mol. The van der Waals surface area contributed by atoms with Crippen LogP contribution < -0.4 is 0 Å². The van der Waals surface area contributed by atoms with Crippen LogP contribution in [-0.4, -0.2) is 9.55 Å². The molecule has 0 saturated heterocycles. The van der Waals surface area contributed by atoms with Gasteiger partial charge in [0.25, 0.3) is 0 Å². The summed E-state index contributed by atoms with van der Waals surface area (Å²) in [7, 11) is 2.01. The predicted molar refractivity (Wildman–Crippen MR) is 74.9 cm³/mol. The number of thiazole rings is 1. The van der Waals surface area contributed by atoms with Gasteiger partial charge in [-0.15, -0.1) is 11.3 Å². The fraction of sp³-hybridized carbons (Fsp3) is 0.0769. The molecule has 3 aromatic rings. The Morgan fingerprint density at radius 3 is 2.82 bits per heavy atom. The van der Waals surface area contributed by atoms with E-state index in [9.17, 15) is 0 Å². The number of aromatic nitrogens is 2. The summed E-state index contributed by atoms with van der Waals surface area (Å²) in [5, 5.41) is 0. The third kappa shape index (κ3) is 1.69. The van der Waals surface area contributed by atoms with Crippen LogP contribution in [0.2, 0.25) is 0 Å². The van der Waals surface area contributed by atoms with Crippen LogP contribution in [0.5, 0.6) is 0 Å². The first-order valence-electron chi connectivity index (χ1n) is 5.27. The van der Waals surface area contributed by atoms with Gasteiger partial charge in [0, 0.05) is 18.8 Å². The smallest absolute Gasteiger partial charge is 0.161 e. The third-order valence-electron chi connectivity index (χ3n) is 2.75. The Morgan fingerprint density at radius 2 is 2.06 bits per heavy atom. The molecular weight excluding hydrogens is 248 g/mol. The standard InChI is InChI=1S/C13H10N2S2/c1-15-12-9(10-6-2-3-8-14-10)5-4-7-11(12)17-13(15)16/h2-8H,1H3. The molecule has 0 atom stereocenters. The molecule has 84 valence electrons. The molecule has 4 heteroatoms. The molecule has 2 aromatic heterocycles. The molecule has 0 aliphatic carbocycles. The van der Waals surface area contributed by atoms with Gasteiger partial charge >= 0.3 is 0 Å². The highest BCUT2D eigenvalue weighted by atomic mass is 32.1. The highest BCUT2D eigenvalue weighted by Gasteiger charge is 2.09. The van der Waals surface area contributed by atoms with Crippen LogP contribution >= 0.6 is 23.6 Å². The number of nitrogens with zero attached hydrogens (tertiary/aromatic N) is 2. The van der Waals surface area contributed by atoms with E-state index in [1.54, 1.807) is 11.3 Å². The third-order valence-corrected chi connectivity index (χ3v) is 4.27. The summed E-state index contributed by atoms with van der Waals surface area (Å²) in [4.78, 5) is 4.41. The molecule has 1 aromatic carbocycles. The van der Waals surface area contributed by atoms with Crippen molar-refractivity contribution in [1.29, 1.82) is 0 Å². The zero-order chi connectivity index (χ0) is 11.8. The van der Waals surface area contributed by atoms with E-state index in [1.165, 1.54) is 10.2 Å².